The van der Waals surface area contributed by atoms with Crippen LogP contribution < -0.4 is 4.74 Å². The van der Waals surface area contributed by atoms with Gasteiger partial charge in [-0.15, -0.1) is 5.10 Å². The Kier molecular flexibility index (Phi) is 3.74. The minimum absolute atomic E-state index is 0.160. The molecular weight excluding hydrogens is 264 g/mol. The van der Waals surface area contributed by atoms with Crippen LogP contribution in [-0.2, 0) is 6.42 Å². The molecule has 0 bridgehead atoms. The number of hydrogen-bond donors (Lipinski definition) is 0. The van der Waals surface area contributed by atoms with Crippen molar-refractivity contribution >= 4 is 12.0 Å². The van der Waals surface area contributed by atoms with Gasteiger partial charge in [-0.1, -0.05) is 12.1 Å². The number of nitrogens with zero attached hydrogens (tertiary/aromatic N) is 4. The molecule has 0 atom stereocenters. The molecule has 8 heteroatoms. The van der Waals surface area contributed by atoms with Crippen molar-refractivity contribution in [1.82, 2.24) is 15.0 Å². The Balaban J connectivity index is 2.59. The van der Waals surface area contributed by atoms with Gasteiger partial charge in [0.2, 0.25) is 0 Å². The van der Waals surface area contributed by atoms with Crippen LogP contribution in [0.2, 0.25) is 0 Å². The van der Waals surface area contributed by atoms with Crippen molar-refractivity contribution in [3.8, 4) is 11.4 Å². The van der Waals surface area contributed by atoms with Crippen molar-refractivity contribution in [3.05, 3.63) is 39.7 Å². The summed E-state index contributed by atoms with van der Waals surface area (Å²) in [5.41, 5.74) is 1.11. The summed E-state index contributed by atoms with van der Waals surface area (Å²) in [6, 6.07) is 4.44. The topological polar surface area (TPSA) is 100 Å². The van der Waals surface area contributed by atoms with Crippen LogP contribution in [0.4, 0.5) is 5.69 Å². The monoisotopic (exact) mass is 276 g/mol. The second kappa shape index (κ2) is 5.47. The molecule has 1 aromatic carbocycles. The molecule has 1 aromatic heterocycles. The first-order valence-electron chi connectivity index (χ1n) is 5.85. The van der Waals surface area contributed by atoms with Crippen LogP contribution in [0.15, 0.2) is 18.2 Å². The van der Waals surface area contributed by atoms with E-state index in [0.29, 0.717) is 24.1 Å². The number of ether oxygens (including phenoxy) is 1. The van der Waals surface area contributed by atoms with E-state index in [1.165, 1.54) is 23.9 Å². The normalized spacial score (nSPS) is 10.3. The molecule has 0 fully saturated rings. The predicted octanol–water partition coefficient (Wildman–Crippen LogP) is 1.56. The van der Waals surface area contributed by atoms with E-state index in [1.54, 1.807) is 6.07 Å². The van der Waals surface area contributed by atoms with Crippen molar-refractivity contribution in [3.63, 3.8) is 0 Å². The summed E-state index contributed by atoms with van der Waals surface area (Å²) in [5.74, 6) is 0.160. The third-order valence-corrected chi connectivity index (χ3v) is 2.84. The van der Waals surface area contributed by atoms with Crippen molar-refractivity contribution in [2.75, 3.05) is 7.11 Å². The van der Waals surface area contributed by atoms with Crippen LogP contribution in [0.25, 0.3) is 5.69 Å². The summed E-state index contributed by atoms with van der Waals surface area (Å²) in [6.07, 6.45) is 1.14. The van der Waals surface area contributed by atoms with Gasteiger partial charge in [0.25, 0.3) is 0 Å². The minimum atomic E-state index is -0.536. The smallest absolute Gasteiger partial charge is 0.313 e. The van der Waals surface area contributed by atoms with Crippen LogP contribution in [0, 0.1) is 10.1 Å². The summed E-state index contributed by atoms with van der Waals surface area (Å²) < 4.78 is 6.35. The molecule has 0 radical (unpaired) electrons. The summed E-state index contributed by atoms with van der Waals surface area (Å²) in [4.78, 5) is 21.3. The maximum atomic E-state index is 11.0. The zero-order valence-corrected chi connectivity index (χ0v) is 10.9. The summed E-state index contributed by atoms with van der Waals surface area (Å²) in [6.45, 7) is 1.85. The highest BCUT2D eigenvalue weighted by Crippen LogP contribution is 2.29. The largest absolute Gasteiger partial charge is 0.490 e. The number of benzene rings is 1. The summed E-state index contributed by atoms with van der Waals surface area (Å²) in [5, 5.41) is 18.6. The van der Waals surface area contributed by atoms with Crippen LogP contribution in [-0.4, -0.2) is 33.3 Å². The lowest BCUT2D eigenvalue weighted by atomic mass is 10.2. The number of carbonyl (C=O) groups excluding carboxylic acids is 1. The quantitative estimate of drug-likeness (QED) is 0.466. The Morgan fingerprint density at radius 1 is 1.50 bits per heavy atom. The third-order valence-electron chi connectivity index (χ3n) is 2.84. The highest BCUT2D eigenvalue weighted by Gasteiger charge is 2.18. The number of rotatable bonds is 5. The van der Waals surface area contributed by atoms with Crippen LogP contribution in [0.1, 0.15) is 23.1 Å². The second-order valence-electron chi connectivity index (χ2n) is 3.92. The maximum Gasteiger partial charge on any atom is 0.313 e. The Morgan fingerprint density at radius 2 is 2.25 bits per heavy atom. The molecule has 0 saturated heterocycles. The van der Waals surface area contributed by atoms with Crippen LogP contribution in [0.3, 0.4) is 0 Å². The van der Waals surface area contributed by atoms with Gasteiger partial charge in [0.15, 0.2) is 12.0 Å². The molecule has 0 unspecified atom stereocenters. The van der Waals surface area contributed by atoms with Gasteiger partial charge in [0, 0.05) is 6.07 Å². The van der Waals surface area contributed by atoms with E-state index in [-0.39, 0.29) is 17.1 Å². The third kappa shape index (κ3) is 2.22. The average Bonchev–Trinajstić information content (AvgIpc) is 2.89. The number of hydrogen-bond acceptors (Lipinski definition) is 6. The van der Waals surface area contributed by atoms with E-state index in [1.807, 2.05) is 6.92 Å². The minimum Gasteiger partial charge on any atom is -0.490 e. The van der Waals surface area contributed by atoms with E-state index in [4.69, 9.17) is 4.74 Å². The summed E-state index contributed by atoms with van der Waals surface area (Å²) in [7, 11) is 1.36. The number of nitro benzene ring substituents is 1. The van der Waals surface area contributed by atoms with E-state index in [9.17, 15) is 14.9 Å². The van der Waals surface area contributed by atoms with Gasteiger partial charge in [-0.25, -0.2) is 4.68 Å². The molecule has 20 heavy (non-hydrogen) atoms. The fourth-order valence-corrected chi connectivity index (χ4v) is 1.90. The van der Waals surface area contributed by atoms with Gasteiger partial charge in [-0.3, -0.25) is 14.9 Å². The Labute approximate surface area is 114 Å². The molecule has 104 valence electrons. The van der Waals surface area contributed by atoms with Gasteiger partial charge < -0.3 is 4.74 Å². The highest BCUT2D eigenvalue weighted by atomic mass is 16.6. The first kappa shape index (κ1) is 13.7. The van der Waals surface area contributed by atoms with E-state index in [2.05, 4.69) is 10.3 Å². The number of methoxy groups -OCH3 is 1. The Hall–Kier alpha value is -2.77. The zero-order valence-electron chi connectivity index (χ0n) is 10.9. The lowest BCUT2D eigenvalue weighted by Crippen LogP contribution is -2.04. The molecule has 0 aliphatic rings. The van der Waals surface area contributed by atoms with E-state index >= 15 is 0 Å². The van der Waals surface area contributed by atoms with E-state index < -0.39 is 4.92 Å². The molecular formula is C12H12N4O4. The van der Waals surface area contributed by atoms with Gasteiger partial charge in [-0.05, 0) is 18.6 Å². The number of nitro groups is 1. The number of carbonyl (C=O) groups is 1. The molecule has 1 heterocycles. The summed E-state index contributed by atoms with van der Waals surface area (Å²) >= 11 is 0. The maximum absolute atomic E-state index is 11.0. The first-order valence-corrected chi connectivity index (χ1v) is 5.85. The lowest BCUT2D eigenvalue weighted by Gasteiger charge is -2.07. The molecule has 0 spiro atoms. The molecule has 0 N–H and O–H groups in total. The van der Waals surface area contributed by atoms with Gasteiger partial charge >= 0.3 is 5.69 Å². The van der Waals surface area contributed by atoms with Gasteiger partial charge in [-0.2, -0.15) is 0 Å². The van der Waals surface area contributed by atoms with Crippen molar-refractivity contribution in [2.45, 2.75) is 13.3 Å². The van der Waals surface area contributed by atoms with E-state index in [0.717, 1.165) is 0 Å². The first-order chi connectivity index (χ1) is 9.62. The lowest BCUT2D eigenvalue weighted by molar-refractivity contribution is -0.385. The molecule has 0 aliphatic heterocycles. The molecule has 0 aliphatic carbocycles. The zero-order chi connectivity index (χ0) is 14.7. The highest BCUT2D eigenvalue weighted by molar-refractivity contribution is 5.73. The van der Waals surface area contributed by atoms with Crippen molar-refractivity contribution in [2.24, 2.45) is 0 Å². The van der Waals surface area contributed by atoms with Gasteiger partial charge in [0.1, 0.15) is 5.69 Å². The standard InChI is InChI=1S/C12H12N4O4/c1-3-10-9(7-17)13-14-15(10)8-4-5-12(20-2)11(6-8)16(18)19/h4-7H,3H2,1-2H3. The fourth-order valence-electron chi connectivity index (χ4n) is 1.90. The second-order valence-corrected chi connectivity index (χ2v) is 3.92. The molecule has 0 saturated carbocycles. The van der Waals surface area contributed by atoms with Crippen molar-refractivity contribution < 1.29 is 14.5 Å². The number of aromatic nitrogens is 3. The average molecular weight is 276 g/mol. The number of aldehydes is 1. The molecule has 2 aromatic rings. The predicted molar refractivity (Wildman–Crippen MR) is 69.3 cm³/mol. The molecule has 2 rings (SSSR count). The Morgan fingerprint density at radius 3 is 2.80 bits per heavy atom. The SMILES string of the molecule is CCc1c(C=O)nnn1-c1ccc(OC)c([N+](=O)[O-])c1. The van der Waals surface area contributed by atoms with Crippen LogP contribution in [0.5, 0.6) is 5.75 Å². The molecule has 8 nitrogen and oxygen atoms in total. The van der Waals surface area contributed by atoms with Crippen molar-refractivity contribution in [1.29, 1.82) is 0 Å². The fraction of sp³-hybridized carbons (Fsp3) is 0.250. The molecule has 0 amide bonds. The van der Waals surface area contributed by atoms with Crippen LogP contribution >= 0.6 is 0 Å². The Bertz CT molecular complexity index is 665. The van der Waals surface area contributed by atoms with Gasteiger partial charge in [0.05, 0.1) is 23.4 Å².